The second-order valence-corrected chi connectivity index (χ2v) is 2.20. The van der Waals surface area contributed by atoms with E-state index in [1.54, 1.807) is 29.1 Å². The Morgan fingerprint density at radius 1 is 1.64 bits per heavy atom. The summed E-state index contributed by atoms with van der Waals surface area (Å²) < 4.78 is 4.76. The van der Waals surface area contributed by atoms with Crippen LogP contribution < -0.4 is 3.07 Å². The minimum absolute atomic E-state index is 0.0159. The van der Waals surface area contributed by atoms with E-state index in [0.717, 1.165) is 0 Å². The predicted molar refractivity (Wildman–Crippen MR) is 45.8 cm³/mol. The zero-order chi connectivity index (χ0) is 8.27. The van der Waals surface area contributed by atoms with E-state index in [2.05, 4.69) is 4.98 Å². The summed E-state index contributed by atoms with van der Waals surface area (Å²) in [5.41, 5.74) is 0.0159. The number of pyridine rings is 1. The quantitative estimate of drug-likeness (QED) is 0.823. The Hall–Kier alpha value is -0.850. The number of aromatic nitrogens is 1. The Bertz CT molecular complexity index is 259. The number of carboxylic acid groups (broad SMARTS) is 1. The molecule has 0 aliphatic rings. The number of halogens is 1. The van der Waals surface area contributed by atoms with Crippen LogP contribution in [0.1, 0.15) is 10.5 Å². The van der Waals surface area contributed by atoms with Gasteiger partial charge in [-0.2, -0.15) is 0 Å². The van der Waals surface area contributed by atoms with Crippen molar-refractivity contribution >= 4 is 29.0 Å². The molecule has 0 fully saturated rings. The van der Waals surface area contributed by atoms with Gasteiger partial charge < -0.3 is 8.17 Å². The third-order valence-electron chi connectivity index (χ3n) is 1.04. The van der Waals surface area contributed by atoms with E-state index in [1.165, 1.54) is 12.3 Å². The van der Waals surface area contributed by atoms with Crippen molar-refractivity contribution in [2.45, 2.75) is 0 Å². The van der Waals surface area contributed by atoms with Gasteiger partial charge in [0.15, 0.2) is 28.8 Å². The summed E-state index contributed by atoms with van der Waals surface area (Å²) in [5.74, 6) is -0.499. The number of aromatic carboxylic acids is 1. The molecule has 1 heterocycles. The van der Waals surface area contributed by atoms with E-state index in [9.17, 15) is 4.79 Å². The lowest BCUT2D eigenvalue weighted by Gasteiger charge is -1.95. The molecular weight excluding hydrogens is 261 g/mol. The fourth-order valence-corrected chi connectivity index (χ4v) is 0.813. The van der Waals surface area contributed by atoms with Crippen molar-refractivity contribution in [1.82, 2.24) is 4.98 Å². The van der Waals surface area contributed by atoms with Gasteiger partial charge in [0.25, 0.3) is 0 Å². The summed E-state index contributed by atoms with van der Waals surface area (Å²) in [6.07, 6.45) is 1.36. The van der Waals surface area contributed by atoms with E-state index >= 15 is 0 Å². The molecule has 0 unspecified atom stereocenters. The first-order valence-corrected chi connectivity index (χ1v) is 3.60. The molecule has 1 aromatic rings. The highest BCUT2D eigenvalue weighted by molar-refractivity contribution is 14.1. The van der Waals surface area contributed by atoms with Crippen LogP contribution in [0.3, 0.4) is 0 Å². The van der Waals surface area contributed by atoms with Crippen LogP contribution in [0.4, 0.5) is 0 Å². The maximum absolute atomic E-state index is 10.3. The lowest BCUT2D eigenvalue weighted by Crippen LogP contribution is -1.98. The van der Waals surface area contributed by atoms with Crippen molar-refractivity contribution < 1.29 is 13.0 Å². The average Bonchev–Trinajstić information content (AvgIpc) is 2.05. The summed E-state index contributed by atoms with van der Waals surface area (Å²) in [6, 6.07) is 2.93. The van der Waals surface area contributed by atoms with Crippen LogP contribution >= 0.6 is 23.0 Å². The van der Waals surface area contributed by atoms with Gasteiger partial charge in [0, 0.05) is 0 Å². The lowest BCUT2D eigenvalue weighted by atomic mass is 10.3. The Morgan fingerprint density at radius 2 is 2.36 bits per heavy atom. The molecule has 0 aliphatic heterocycles. The molecule has 0 radical (unpaired) electrons. The molecule has 0 saturated carbocycles. The highest BCUT2D eigenvalue weighted by Gasteiger charge is 2.02. The predicted octanol–water partition coefficient (Wildman–Crippen LogP) is 1.51. The molecule has 0 spiro atoms. The Morgan fingerprint density at radius 3 is 2.73 bits per heavy atom. The van der Waals surface area contributed by atoms with E-state index in [4.69, 9.17) is 8.17 Å². The third kappa shape index (κ3) is 2.04. The maximum Gasteiger partial charge on any atom is 0.354 e. The van der Waals surface area contributed by atoms with Gasteiger partial charge in [0.2, 0.25) is 0 Å². The molecule has 0 aliphatic carbocycles. The van der Waals surface area contributed by atoms with E-state index in [0.29, 0.717) is 5.75 Å². The average molecular weight is 265 g/mol. The van der Waals surface area contributed by atoms with E-state index in [-0.39, 0.29) is 5.69 Å². The Kier molecular flexibility index (Phi) is 2.64. The molecule has 0 aromatic carbocycles. The van der Waals surface area contributed by atoms with Gasteiger partial charge in [-0.1, -0.05) is 0 Å². The lowest BCUT2D eigenvalue weighted by molar-refractivity contribution is 0.0690. The van der Waals surface area contributed by atoms with Gasteiger partial charge >= 0.3 is 5.97 Å². The van der Waals surface area contributed by atoms with Gasteiger partial charge in [-0.3, -0.25) is 0 Å². The Balaban J connectivity index is 2.91. The Labute approximate surface area is 76.9 Å². The zero-order valence-electron chi connectivity index (χ0n) is 5.32. The van der Waals surface area contributed by atoms with Crippen LogP contribution in [0.5, 0.6) is 5.75 Å². The molecule has 0 atom stereocenters. The van der Waals surface area contributed by atoms with Crippen molar-refractivity contribution in [2.24, 2.45) is 0 Å². The first-order chi connectivity index (χ1) is 5.24. The largest absolute Gasteiger partial charge is 0.477 e. The normalized spacial score (nSPS) is 9.18. The van der Waals surface area contributed by atoms with Crippen LogP contribution in [0, 0.1) is 0 Å². The summed E-state index contributed by atoms with van der Waals surface area (Å²) in [6.45, 7) is 0. The van der Waals surface area contributed by atoms with Gasteiger partial charge in [0.05, 0.1) is 6.20 Å². The van der Waals surface area contributed by atoms with Crippen molar-refractivity contribution in [2.75, 3.05) is 0 Å². The highest BCUT2D eigenvalue weighted by Crippen LogP contribution is 2.11. The fourth-order valence-electron chi connectivity index (χ4n) is 0.552. The van der Waals surface area contributed by atoms with Crippen molar-refractivity contribution in [1.29, 1.82) is 0 Å². The number of carboxylic acids is 1. The van der Waals surface area contributed by atoms with E-state index in [1.807, 2.05) is 0 Å². The van der Waals surface area contributed by atoms with E-state index < -0.39 is 5.97 Å². The van der Waals surface area contributed by atoms with Gasteiger partial charge in [-0.25, -0.2) is 9.78 Å². The molecule has 0 saturated heterocycles. The fraction of sp³-hybridized carbons (Fsp3) is 0. The molecule has 5 heteroatoms. The van der Waals surface area contributed by atoms with Gasteiger partial charge in [-0.15, -0.1) is 0 Å². The number of nitrogens with zero attached hydrogens (tertiary/aromatic N) is 1. The van der Waals surface area contributed by atoms with Crippen LogP contribution in [-0.2, 0) is 0 Å². The molecule has 11 heavy (non-hydrogen) atoms. The number of rotatable bonds is 2. The first-order valence-electron chi connectivity index (χ1n) is 2.72. The molecule has 0 amide bonds. The zero-order valence-corrected chi connectivity index (χ0v) is 7.48. The summed E-state index contributed by atoms with van der Waals surface area (Å²) >= 11 is 1.69. The van der Waals surface area contributed by atoms with Gasteiger partial charge in [-0.05, 0) is 12.1 Å². The van der Waals surface area contributed by atoms with Crippen LogP contribution in [-0.4, -0.2) is 16.1 Å². The van der Waals surface area contributed by atoms with Crippen LogP contribution in [0.15, 0.2) is 18.3 Å². The molecular formula is C6H4INO3. The standard InChI is InChI=1S/C6H4INO3/c7-11-4-1-2-5(6(9)10)8-3-4/h1-3H,(H,9,10). The topological polar surface area (TPSA) is 59.4 Å². The van der Waals surface area contributed by atoms with Crippen LogP contribution in [0.2, 0.25) is 0 Å². The number of hydrogen-bond acceptors (Lipinski definition) is 3. The SMILES string of the molecule is O=C(O)c1ccc(OI)cn1. The van der Waals surface area contributed by atoms with Gasteiger partial charge in [0.1, 0.15) is 5.69 Å². The third-order valence-corrected chi connectivity index (χ3v) is 1.55. The molecule has 58 valence electrons. The van der Waals surface area contributed by atoms with Crippen molar-refractivity contribution in [3.8, 4) is 5.75 Å². The molecule has 1 rings (SSSR count). The first kappa shape index (κ1) is 8.25. The monoisotopic (exact) mass is 265 g/mol. The van der Waals surface area contributed by atoms with Crippen molar-refractivity contribution in [3.63, 3.8) is 0 Å². The highest BCUT2D eigenvalue weighted by atomic mass is 127. The minimum Gasteiger partial charge on any atom is -0.477 e. The molecule has 1 N–H and O–H groups in total. The molecule has 1 aromatic heterocycles. The maximum atomic E-state index is 10.3. The number of carbonyl (C=O) groups is 1. The molecule has 0 bridgehead atoms. The molecule has 4 nitrogen and oxygen atoms in total. The smallest absolute Gasteiger partial charge is 0.354 e. The summed E-state index contributed by atoms with van der Waals surface area (Å²) in [7, 11) is 0. The second kappa shape index (κ2) is 3.51. The number of hydrogen-bond donors (Lipinski definition) is 1. The minimum atomic E-state index is -1.04. The van der Waals surface area contributed by atoms with Crippen LogP contribution in [0.25, 0.3) is 0 Å². The summed E-state index contributed by atoms with van der Waals surface area (Å²) in [5, 5.41) is 8.44. The second-order valence-electron chi connectivity index (χ2n) is 1.76. The van der Waals surface area contributed by atoms with Crippen molar-refractivity contribution in [3.05, 3.63) is 24.0 Å². The summed E-state index contributed by atoms with van der Waals surface area (Å²) in [4.78, 5) is 13.9.